The molecule has 3 rings (SSSR count). The van der Waals surface area contributed by atoms with E-state index in [9.17, 15) is 35.2 Å². The maximum Gasteiger partial charge on any atom is 0.244 e. The first-order chi connectivity index (χ1) is 16.1. The normalized spacial score (nSPS) is 15.7. The van der Waals surface area contributed by atoms with Crippen molar-refractivity contribution in [2.24, 2.45) is 0 Å². The fourth-order valence-electron chi connectivity index (χ4n) is 3.93. The number of anilines is 1. The van der Waals surface area contributed by atoms with Gasteiger partial charge in [0, 0.05) is 6.54 Å². The molecule has 1 saturated carbocycles. The third-order valence-corrected chi connectivity index (χ3v) is 7.72. The monoisotopic (exact) mass is 504 g/mol. The van der Waals surface area contributed by atoms with Crippen LogP contribution in [0.25, 0.3) is 0 Å². The highest BCUT2D eigenvalue weighted by Gasteiger charge is 2.33. The molecule has 1 fully saturated rings. The van der Waals surface area contributed by atoms with Crippen LogP contribution < -0.4 is 10.0 Å². The van der Waals surface area contributed by atoms with E-state index in [0.29, 0.717) is 11.5 Å². The van der Waals surface area contributed by atoms with Gasteiger partial charge in [-0.25, -0.2) is 30.4 Å². The highest BCUT2D eigenvalue weighted by atomic mass is 32.2. The summed E-state index contributed by atoms with van der Waals surface area (Å²) in [6.07, 6.45) is 5.88. The van der Waals surface area contributed by atoms with Crippen LogP contribution in [0.4, 0.5) is 27.6 Å². The van der Waals surface area contributed by atoms with Crippen LogP contribution >= 0.6 is 0 Å². The maximum atomic E-state index is 14.0. The third-order valence-electron chi connectivity index (χ3n) is 6.09. The van der Waals surface area contributed by atoms with Gasteiger partial charge in [-0.2, -0.15) is 0 Å². The van der Waals surface area contributed by atoms with Crippen LogP contribution in [-0.4, -0.2) is 19.6 Å². The molecule has 5 nitrogen and oxygen atoms in total. The Morgan fingerprint density at radius 1 is 0.971 bits per heavy atom. The minimum atomic E-state index is -4.81. The zero-order chi connectivity index (χ0) is 25.0. The van der Waals surface area contributed by atoms with Gasteiger partial charge in [0.2, 0.25) is 15.9 Å². The number of sulfonamides is 1. The van der Waals surface area contributed by atoms with Crippen molar-refractivity contribution in [3.63, 3.8) is 0 Å². The average molecular weight is 505 g/mol. The van der Waals surface area contributed by atoms with Crippen LogP contribution in [0.3, 0.4) is 0 Å². The minimum absolute atomic E-state index is 0.000809. The Bertz CT molecular complexity index is 1120. The van der Waals surface area contributed by atoms with Crippen molar-refractivity contribution in [2.45, 2.75) is 63.4 Å². The number of hydrogen-bond acceptors (Lipinski definition) is 3. The number of halogens is 5. The highest BCUT2D eigenvalue weighted by Crippen LogP contribution is 2.33. The predicted molar refractivity (Wildman–Crippen MR) is 117 cm³/mol. The van der Waals surface area contributed by atoms with Crippen LogP contribution in [0.5, 0.6) is 0 Å². The Hall–Kier alpha value is -2.69. The van der Waals surface area contributed by atoms with Gasteiger partial charge in [-0.15, -0.1) is 0 Å². The lowest BCUT2D eigenvalue weighted by Gasteiger charge is -2.22. The van der Waals surface area contributed by atoms with Crippen LogP contribution in [0.1, 0.15) is 61.6 Å². The summed E-state index contributed by atoms with van der Waals surface area (Å²) in [4.78, 5) is 12.4. The summed E-state index contributed by atoms with van der Waals surface area (Å²) in [5.41, 5.74) is -1.24. The first kappa shape index (κ1) is 25.9. The molecular weight excluding hydrogens is 479 g/mol. The molecule has 11 heteroatoms. The molecule has 0 unspecified atom stereocenters. The van der Waals surface area contributed by atoms with E-state index in [2.05, 4.69) is 5.32 Å². The molecule has 0 aromatic heterocycles. The van der Waals surface area contributed by atoms with E-state index in [1.165, 1.54) is 29.5 Å². The van der Waals surface area contributed by atoms with Gasteiger partial charge in [0.05, 0.1) is 5.56 Å². The number of carbonyl (C=O) groups is 1. The van der Waals surface area contributed by atoms with Crippen molar-refractivity contribution in [2.75, 3.05) is 4.72 Å². The van der Waals surface area contributed by atoms with Crippen LogP contribution in [0.15, 0.2) is 24.3 Å². The van der Waals surface area contributed by atoms with E-state index in [4.69, 9.17) is 0 Å². The Morgan fingerprint density at radius 2 is 1.53 bits per heavy atom. The maximum absolute atomic E-state index is 14.0. The molecule has 1 amide bonds. The van der Waals surface area contributed by atoms with Gasteiger partial charge in [-0.1, -0.05) is 43.5 Å². The average Bonchev–Trinajstić information content (AvgIpc) is 2.84. The standard InChI is InChI=1S/C23H25F5N2O3S/c1-13(34(32,33)30-22-20(27)18(25)17(11-24)19(26)21(22)28)23(31)29-12-14-7-9-16(10-8-14)15-5-3-2-4-6-15/h7-10,13,15,30H,2-6,11-12H2,1H3,(H,29,31)/t13-/m1/s1. The minimum Gasteiger partial charge on any atom is -0.351 e. The number of amides is 1. The molecule has 0 heterocycles. The van der Waals surface area contributed by atoms with Crippen LogP contribution in [-0.2, 0) is 28.0 Å². The Labute approximate surface area is 194 Å². The molecule has 1 aliphatic carbocycles. The van der Waals surface area contributed by atoms with Crippen molar-refractivity contribution in [1.29, 1.82) is 0 Å². The van der Waals surface area contributed by atoms with E-state index in [-0.39, 0.29) is 6.54 Å². The van der Waals surface area contributed by atoms with E-state index in [1.807, 2.05) is 24.3 Å². The summed E-state index contributed by atoms with van der Waals surface area (Å²) < 4.78 is 94.5. The molecular formula is C23H25F5N2O3S. The van der Waals surface area contributed by atoms with E-state index >= 15 is 0 Å². The van der Waals surface area contributed by atoms with Gasteiger partial charge in [0.1, 0.15) is 12.4 Å². The van der Waals surface area contributed by atoms with Crippen molar-refractivity contribution in [3.8, 4) is 0 Å². The molecule has 1 aliphatic rings. The van der Waals surface area contributed by atoms with Gasteiger partial charge < -0.3 is 5.32 Å². The van der Waals surface area contributed by atoms with Crippen molar-refractivity contribution in [3.05, 3.63) is 64.2 Å². The van der Waals surface area contributed by atoms with Crippen molar-refractivity contribution >= 4 is 21.6 Å². The third kappa shape index (κ3) is 5.51. The van der Waals surface area contributed by atoms with Gasteiger partial charge in [-0.3, -0.25) is 9.52 Å². The summed E-state index contributed by atoms with van der Waals surface area (Å²) in [6.45, 7) is -0.887. The Kier molecular flexibility index (Phi) is 8.17. The topological polar surface area (TPSA) is 75.3 Å². The van der Waals surface area contributed by atoms with Gasteiger partial charge in [0.15, 0.2) is 28.5 Å². The lowest BCUT2D eigenvalue weighted by atomic mass is 9.84. The molecule has 34 heavy (non-hydrogen) atoms. The molecule has 2 aromatic rings. The number of carbonyl (C=O) groups excluding carboxylic acids is 1. The second-order valence-electron chi connectivity index (χ2n) is 8.33. The second-order valence-corrected chi connectivity index (χ2v) is 10.3. The summed E-state index contributed by atoms with van der Waals surface area (Å²) in [5, 5.41) is 0.555. The van der Waals surface area contributed by atoms with Gasteiger partial charge in [0.25, 0.3) is 0 Å². The lowest BCUT2D eigenvalue weighted by Crippen LogP contribution is -2.40. The Balaban J connectivity index is 1.66. The van der Waals surface area contributed by atoms with E-state index in [1.54, 1.807) is 0 Å². The fourth-order valence-corrected chi connectivity index (χ4v) is 4.94. The van der Waals surface area contributed by atoms with Crippen LogP contribution in [0.2, 0.25) is 0 Å². The van der Waals surface area contributed by atoms with E-state index in [0.717, 1.165) is 19.8 Å². The predicted octanol–water partition coefficient (Wildman–Crippen LogP) is 5.21. The van der Waals surface area contributed by atoms with Crippen molar-refractivity contribution < 1.29 is 35.2 Å². The number of nitrogens with one attached hydrogen (secondary N) is 2. The van der Waals surface area contributed by atoms with Gasteiger partial charge >= 0.3 is 0 Å². The summed E-state index contributed by atoms with van der Waals surface area (Å²) in [7, 11) is -4.81. The molecule has 186 valence electrons. The quantitative estimate of drug-likeness (QED) is 0.383. The molecule has 0 saturated heterocycles. The molecule has 0 aliphatic heterocycles. The fraction of sp³-hybridized carbons (Fsp3) is 0.435. The lowest BCUT2D eigenvalue weighted by molar-refractivity contribution is -0.120. The number of rotatable bonds is 8. The van der Waals surface area contributed by atoms with Crippen molar-refractivity contribution in [1.82, 2.24) is 5.32 Å². The summed E-state index contributed by atoms with van der Waals surface area (Å²) in [5.74, 6) is -8.84. The Morgan fingerprint density at radius 3 is 2.06 bits per heavy atom. The molecule has 0 spiro atoms. The first-order valence-electron chi connectivity index (χ1n) is 10.9. The first-order valence-corrected chi connectivity index (χ1v) is 12.4. The zero-order valence-electron chi connectivity index (χ0n) is 18.4. The van der Waals surface area contributed by atoms with Crippen LogP contribution in [0, 0.1) is 23.3 Å². The smallest absolute Gasteiger partial charge is 0.244 e. The number of benzene rings is 2. The summed E-state index contributed by atoms with van der Waals surface area (Å²) >= 11 is 0. The van der Waals surface area contributed by atoms with E-state index < -0.39 is 62.4 Å². The molecule has 0 bridgehead atoms. The number of alkyl halides is 1. The zero-order valence-corrected chi connectivity index (χ0v) is 19.3. The highest BCUT2D eigenvalue weighted by molar-refractivity contribution is 7.94. The molecule has 1 atom stereocenters. The second kappa shape index (κ2) is 10.7. The summed E-state index contributed by atoms with van der Waals surface area (Å²) in [6, 6.07) is 7.58. The molecule has 0 radical (unpaired) electrons. The van der Waals surface area contributed by atoms with Gasteiger partial charge in [-0.05, 0) is 36.8 Å². The largest absolute Gasteiger partial charge is 0.351 e. The number of hydrogen-bond donors (Lipinski definition) is 2. The molecule has 2 N–H and O–H groups in total. The molecule has 2 aromatic carbocycles. The SMILES string of the molecule is C[C@H](C(=O)NCc1ccc(C2CCCCC2)cc1)S(=O)(=O)Nc1c(F)c(F)c(CF)c(F)c1F.